The van der Waals surface area contributed by atoms with Gasteiger partial charge in [0.15, 0.2) is 5.82 Å². The minimum Gasteiger partial charge on any atom is -0.353 e. The Labute approximate surface area is 163 Å². The summed E-state index contributed by atoms with van der Waals surface area (Å²) < 4.78 is 15.5. The number of nitrogens with one attached hydrogen (secondary N) is 1. The Morgan fingerprint density at radius 2 is 1.46 bits per heavy atom. The third kappa shape index (κ3) is 3.63. The summed E-state index contributed by atoms with van der Waals surface area (Å²) in [6, 6.07) is 28.6. The molecule has 28 heavy (non-hydrogen) atoms. The van der Waals surface area contributed by atoms with Crippen LogP contribution >= 0.6 is 0 Å². The van der Waals surface area contributed by atoms with Gasteiger partial charge in [-0.05, 0) is 23.8 Å². The van der Waals surface area contributed by atoms with Crippen LogP contribution in [0.3, 0.4) is 0 Å². The first-order chi connectivity index (χ1) is 13.8. The molecule has 0 saturated heterocycles. The first-order valence-corrected chi connectivity index (χ1v) is 9.12. The molecule has 4 heteroatoms. The Hall–Kier alpha value is -3.50. The minimum atomic E-state index is -0.399. The normalized spacial score (nSPS) is 10.6. The Bertz CT molecular complexity index is 1080. The molecule has 0 spiro atoms. The summed E-state index contributed by atoms with van der Waals surface area (Å²) in [7, 11) is 0. The molecule has 0 aliphatic heterocycles. The second-order valence-electron chi connectivity index (χ2n) is 6.44. The van der Waals surface area contributed by atoms with Crippen LogP contribution in [0.25, 0.3) is 22.5 Å². The molecule has 0 fully saturated rings. The van der Waals surface area contributed by atoms with Crippen molar-refractivity contribution in [1.29, 1.82) is 0 Å². The maximum Gasteiger partial charge on any atom is 0.172 e. The lowest BCUT2D eigenvalue weighted by atomic mass is 10.0. The Kier molecular flexibility index (Phi) is 5.13. The minimum absolute atomic E-state index is 0.292. The number of benzene rings is 3. The zero-order chi connectivity index (χ0) is 19.3. The predicted molar refractivity (Wildman–Crippen MR) is 113 cm³/mol. The number of halogens is 1. The molecule has 3 N–H and O–H groups in total. The number of aromatic nitrogens is 1. The second kappa shape index (κ2) is 8.03. The van der Waals surface area contributed by atoms with Crippen molar-refractivity contribution in [2.45, 2.75) is 6.54 Å². The molecule has 0 aliphatic rings. The third-order valence-electron chi connectivity index (χ3n) is 4.57. The number of nitrogens with two attached hydrogens (primary N) is 1. The molecule has 138 valence electrons. The molecular formula is C24H20FN3. The van der Waals surface area contributed by atoms with E-state index in [2.05, 4.69) is 10.3 Å². The summed E-state index contributed by atoms with van der Waals surface area (Å²) in [5.74, 6) is -0.399. The first-order valence-electron chi connectivity index (χ1n) is 9.12. The van der Waals surface area contributed by atoms with Crippen molar-refractivity contribution in [2.24, 2.45) is 5.73 Å². The molecule has 4 aromatic rings. The fraction of sp³-hybridized carbons (Fsp3) is 0.0417. The van der Waals surface area contributed by atoms with E-state index in [1.807, 2.05) is 84.9 Å². The highest BCUT2D eigenvalue weighted by Gasteiger charge is 2.17. The lowest BCUT2D eigenvalue weighted by molar-refractivity contribution is 0.630. The van der Waals surface area contributed by atoms with Crippen LogP contribution in [0.1, 0.15) is 5.56 Å². The van der Waals surface area contributed by atoms with Gasteiger partial charge >= 0.3 is 0 Å². The standard InChI is InChI=1S/C24H20FN3/c25-23-22(27-19-12-5-2-6-13-19)15-21(17-9-3-1-4-10-17)28-24(23)20-14-8-7-11-18(20)16-26/h1-15H,16,26H2,(H,27,28). The van der Waals surface area contributed by atoms with Gasteiger partial charge in [0.1, 0.15) is 5.69 Å². The predicted octanol–water partition coefficient (Wildman–Crippen LogP) is 5.76. The molecule has 0 atom stereocenters. The third-order valence-corrected chi connectivity index (χ3v) is 4.57. The van der Waals surface area contributed by atoms with Gasteiger partial charge in [-0.25, -0.2) is 9.37 Å². The summed E-state index contributed by atoms with van der Waals surface area (Å²) >= 11 is 0. The van der Waals surface area contributed by atoms with E-state index in [4.69, 9.17) is 5.73 Å². The van der Waals surface area contributed by atoms with Gasteiger partial charge in [-0.3, -0.25) is 0 Å². The van der Waals surface area contributed by atoms with Crippen LogP contribution in [0.15, 0.2) is 91.0 Å². The maximum absolute atomic E-state index is 15.5. The molecule has 3 aromatic carbocycles. The molecule has 3 nitrogen and oxygen atoms in total. The van der Waals surface area contributed by atoms with E-state index < -0.39 is 5.82 Å². The Morgan fingerprint density at radius 3 is 2.18 bits per heavy atom. The van der Waals surface area contributed by atoms with Crippen molar-refractivity contribution in [3.63, 3.8) is 0 Å². The molecule has 4 rings (SSSR count). The number of anilines is 2. The Morgan fingerprint density at radius 1 is 0.821 bits per heavy atom. The Balaban J connectivity index is 1.91. The molecule has 0 bridgehead atoms. The SMILES string of the molecule is NCc1ccccc1-c1nc(-c2ccccc2)cc(Nc2ccccc2)c1F. The number of para-hydroxylation sites is 1. The van der Waals surface area contributed by atoms with Crippen LogP contribution in [0.4, 0.5) is 15.8 Å². The van der Waals surface area contributed by atoms with Crippen LogP contribution < -0.4 is 11.1 Å². The van der Waals surface area contributed by atoms with E-state index in [9.17, 15) is 0 Å². The van der Waals surface area contributed by atoms with Gasteiger partial charge in [0.25, 0.3) is 0 Å². The molecule has 0 radical (unpaired) electrons. The number of rotatable bonds is 5. The molecule has 0 aliphatic carbocycles. The number of hydrogen-bond acceptors (Lipinski definition) is 3. The number of nitrogens with zero attached hydrogens (tertiary/aromatic N) is 1. The zero-order valence-corrected chi connectivity index (χ0v) is 15.3. The molecule has 0 unspecified atom stereocenters. The van der Waals surface area contributed by atoms with Crippen molar-refractivity contribution in [3.8, 4) is 22.5 Å². The molecule has 1 heterocycles. The fourth-order valence-corrected chi connectivity index (χ4v) is 3.16. The van der Waals surface area contributed by atoms with Gasteiger partial charge < -0.3 is 11.1 Å². The molecular weight excluding hydrogens is 349 g/mol. The van der Waals surface area contributed by atoms with Crippen molar-refractivity contribution in [1.82, 2.24) is 4.98 Å². The summed E-state index contributed by atoms with van der Waals surface area (Å²) in [5, 5.41) is 3.18. The van der Waals surface area contributed by atoms with Crippen LogP contribution in [-0.2, 0) is 6.54 Å². The monoisotopic (exact) mass is 369 g/mol. The average Bonchev–Trinajstić information content (AvgIpc) is 2.76. The van der Waals surface area contributed by atoms with Crippen LogP contribution in [0, 0.1) is 5.82 Å². The van der Waals surface area contributed by atoms with Crippen LogP contribution in [0.2, 0.25) is 0 Å². The van der Waals surface area contributed by atoms with Gasteiger partial charge in [0, 0.05) is 23.4 Å². The van der Waals surface area contributed by atoms with Gasteiger partial charge in [-0.15, -0.1) is 0 Å². The van der Waals surface area contributed by atoms with E-state index >= 15 is 4.39 Å². The van der Waals surface area contributed by atoms with Gasteiger partial charge in [-0.2, -0.15) is 0 Å². The fourth-order valence-electron chi connectivity index (χ4n) is 3.16. The summed E-state index contributed by atoms with van der Waals surface area (Å²) in [6.07, 6.45) is 0. The summed E-state index contributed by atoms with van der Waals surface area (Å²) in [4.78, 5) is 4.65. The molecule has 0 amide bonds. The zero-order valence-electron chi connectivity index (χ0n) is 15.3. The molecule has 0 saturated carbocycles. The van der Waals surface area contributed by atoms with Gasteiger partial charge in [0.05, 0.1) is 11.4 Å². The lowest BCUT2D eigenvalue weighted by Gasteiger charge is -2.15. The maximum atomic E-state index is 15.5. The summed E-state index contributed by atoms with van der Waals surface area (Å²) in [6.45, 7) is 0.314. The number of pyridine rings is 1. The topological polar surface area (TPSA) is 50.9 Å². The molecule has 1 aromatic heterocycles. The van der Waals surface area contributed by atoms with Gasteiger partial charge in [0.2, 0.25) is 0 Å². The highest BCUT2D eigenvalue weighted by atomic mass is 19.1. The van der Waals surface area contributed by atoms with Crippen LogP contribution in [0.5, 0.6) is 0 Å². The van der Waals surface area contributed by atoms with E-state index in [-0.39, 0.29) is 0 Å². The lowest BCUT2D eigenvalue weighted by Crippen LogP contribution is -2.04. The van der Waals surface area contributed by atoms with Crippen molar-refractivity contribution >= 4 is 11.4 Å². The van der Waals surface area contributed by atoms with Crippen molar-refractivity contribution < 1.29 is 4.39 Å². The average molecular weight is 369 g/mol. The van der Waals surface area contributed by atoms with E-state index in [1.54, 1.807) is 6.07 Å². The highest BCUT2D eigenvalue weighted by molar-refractivity contribution is 5.76. The quantitative estimate of drug-likeness (QED) is 0.470. The number of hydrogen-bond donors (Lipinski definition) is 2. The van der Waals surface area contributed by atoms with Crippen molar-refractivity contribution in [3.05, 3.63) is 102 Å². The highest BCUT2D eigenvalue weighted by Crippen LogP contribution is 2.33. The van der Waals surface area contributed by atoms with Crippen molar-refractivity contribution in [2.75, 3.05) is 5.32 Å². The largest absolute Gasteiger partial charge is 0.353 e. The summed E-state index contributed by atoms with van der Waals surface area (Å²) in [5.41, 5.74) is 10.5. The van der Waals surface area contributed by atoms with Crippen LogP contribution in [-0.4, -0.2) is 4.98 Å². The van der Waals surface area contributed by atoms with E-state index in [0.29, 0.717) is 29.2 Å². The van der Waals surface area contributed by atoms with E-state index in [0.717, 1.165) is 16.8 Å². The second-order valence-corrected chi connectivity index (χ2v) is 6.44. The first kappa shape index (κ1) is 17.9. The van der Waals surface area contributed by atoms with E-state index in [1.165, 1.54) is 0 Å². The van der Waals surface area contributed by atoms with Gasteiger partial charge in [-0.1, -0.05) is 72.8 Å². The smallest absolute Gasteiger partial charge is 0.172 e.